The Labute approximate surface area is 161 Å². The molecule has 0 radical (unpaired) electrons. The van der Waals surface area contributed by atoms with Crippen molar-refractivity contribution in [3.8, 4) is 0 Å². The minimum absolute atomic E-state index is 0.0175. The standard InChI is InChI=1S/C18H29N3O3S2/c1-14-13-17(25-15(14)2)18(22)20-9-11-21(12-10-20)26(23,24)19(3)16-7-5-4-6-8-16/h13,16H,4-12H2,1-3H3. The number of nitrogens with zero attached hydrogens (tertiary/aromatic N) is 3. The topological polar surface area (TPSA) is 60.9 Å². The van der Waals surface area contributed by atoms with Crippen LogP contribution in [0.4, 0.5) is 0 Å². The first-order valence-corrected chi connectivity index (χ1v) is 11.6. The Kier molecular flexibility index (Phi) is 6.06. The molecule has 1 amide bonds. The van der Waals surface area contributed by atoms with Gasteiger partial charge >= 0.3 is 0 Å². The molecule has 26 heavy (non-hydrogen) atoms. The monoisotopic (exact) mass is 399 g/mol. The molecule has 2 fully saturated rings. The second kappa shape index (κ2) is 7.96. The van der Waals surface area contributed by atoms with Gasteiger partial charge in [-0.3, -0.25) is 4.79 Å². The lowest BCUT2D eigenvalue weighted by atomic mass is 9.96. The van der Waals surface area contributed by atoms with Crippen LogP contribution < -0.4 is 0 Å². The second-order valence-corrected chi connectivity index (χ2v) is 10.6. The van der Waals surface area contributed by atoms with Gasteiger partial charge in [0.1, 0.15) is 0 Å². The number of thiophene rings is 1. The summed E-state index contributed by atoms with van der Waals surface area (Å²) in [6.45, 7) is 5.67. The molecule has 1 saturated carbocycles. The lowest BCUT2D eigenvalue weighted by molar-refractivity contribution is 0.0697. The van der Waals surface area contributed by atoms with Crippen LogP contribution in [0.1, 0.15) is 52.2 Å². The van der Waals surface area contributed by atoms with E-state index in [0.29, 0.717) is 26.2 Å². The highest BCUT2D eigenvalue weighted by molar-refractivity contribution is 7.86. The highest BCUT2D eigenvalue weighted by Gasteiger charge is 2.35. The summed E-state index contributed by atoms with van der Waals surface area (Å²) >= 11 is 1.51. The van der Waals surface area contributed by atoms with Gasteiger partial charge in [-0.2, -0.15) is 17.0 Å². The van der Waals surface area contributed by atoms with Crippen LogP contribution in [0.25, 0.3) is 0 Å². The van der Waals surface area contributed by atoms with Crippen molar-refractivity contribution in [3.63, 3.8) is 0 Å². The number of rotatable bonds is 4. The molecule has 1 saturated heterocycles. The van der Waals surface area contributed by atoms with E-state index in [4.69, 9.17) is 0 Å². The molecule has 1 aliphatic heterocycles. The predicted molar refractivity (Wildman–Crippen MR) is 105 cm³/mol. The maximum atomic E-state index is 12.9. The summed E-state index contributed by atoms with van der Waals surface area (Å²) in [7, 11) is -1.74. The van der Waals surface area contributed by atoms with E-state index in [1.807, 2.05) is 19.9 Å². The number of carbonyl (C=O) groups excluding carboxylic acids is 1. The SMILES string of the molecule is Cc1cc(C(=O)N2CCN(S(=O)(=O)N(C)C3CCCCC3)CC2)sc1C. The molecule has 146 valence electrons. The average molecular weight is 400 g/mol. The van der Waals surface area contributed by atoms with E-state index in [-0.39, 0.29) is 11.9 Å². The van der Waals surface area contributed by atoms with Crippen LogP contribution in [0, 0.1) is 13.8 Å². The first-order chi connectivity index (χ1) is 12.3. The van der Waals surface area contributed by atoms with Crippen molar-refractivity contribution < 1.29 is 13.2 Å². The van der Waals surface area contributed by atoms with Crippen molar-refractivity contribution in [1.29, 1.82) is 0 Å². The smallest absolute Gasteiger partial charge is 0.282 e. The van der Waals surface area contributed by atoms with E-state index in [9.17, 15) is 13.2 Å². The minimum atomic E-state index is -3.45. The molecule has 3 rings (SSSR count). The summed E-state index contributed by atoms with van der Waals surface area (Å²) in [4.78, 5) is 16.3. The van der Waals surface area contributed by atoms with Gasteiger partial charge in [0.2, 0.25) is 0 Å². The van der Waals surface area contributed by atoms with E-state index >= 15 is 0 Å². The number of aryl methyl sites for hydroxylation is 2. The Morgan fingerprint density at radius 1 is 1.12 bits per heavy atom. The van der Waals surface area contributed by atoms with Crippen LogP contribution in [0.15, 0.2) is 6.07 Å². The maximum Gasteiger partial charge on any atom is 0.282 e. The molecule has 8 heteroatoms. The lowest BCUT2D eigenvalue weighted by Crippen LogP contribution is -2.55. The van der Waals surface area contributed by atoms with Gasteiger partial charge < -0.3 is 4.90 Å². The third kappa shape index (κ3) is 3.98. The van der Waals surface area contributed by atoms with Gasteiger partial charge in [-0.05, 0) is 38.3 Å². The summed E-state index contributed by atoms with van der Waals surface area (Å²) in [5, 5.41) is 0. The molecule has 0 bridgehead atoms. The fraction of sp³-hybridized carbons (Fsp3) is 0.722. The molecular weight excluding hydrogens is 370 g/mol. The van der Waals surface area contributed by atoms with Crippen LogP contribution in [-0.4, -0.2) is 67.1 Å². The zero-order valence-corrected chi connectivity index (χ0v) is 17.5. The van der Waals surface area contributed by atoms with Crippen molar-refractivity contribution in [2.45, 2.75) is 52.0 Å². The number of carbonyl (C=O) groups is 1. The van der Waals surface area contributed by atoms with E-state index in [2.05, 4.69) is 0 Å². The highest BCUT2D eigenvalue weighted by atomic mass is 32.2. The molecule has 1 aromatic heterocycles. The van der Waals surface area contributed by atoms with Crippen molar-refractivity contribution in [2.75, 3.05) is 33.2 Å². The summed E-state index contributed by atoms with van der Waals surface area (Å²) in [6.07, 6.45) is 5.31. The zero-order chi connectivity index (χ0) is 18.9. The molecule has 0 aromatic carbocycles. The normalized spacial score (nSPS) is 20.7. The Morgan fingerprint density at radius 2 is 1.73 bits per heavy atom. The number of hydrogen-bond acceptors (Lipinski definition) is 4. The Morgan fingerprint density at radius 3 is 2.27 bits per heavy atom. The fourth-order valence-corrected chi connectivity index (χ4v) is 6.35. The van der Waals surface area contributed by atoms with Crippen molar-refractivity contribution in [2.24, 2.45) is 0 Å². The van der Waals surface area contributed by atoms with Crippen LogP contribution in [-0.2, 0) is 10.2 Å². The molecule has 2 heterocycles. The molecular formula is C18H29N3O3S2. The zero-order valence-electron chi connectivity index (χ0n) is 15.9. The van der Waals surface area contributed by atoms with Gasteiger partial charge in [-0.1, -0.05) is 19.3 Å². The lowest BCUT2D eigenvalue weighted by Gasteiger charge is -2.38. The summed E-state index contributed by atoms with van der Waals surface area (Å²) in [5.74, 6) is 0.0175. The van der Waals surface area contributed by atoms with Gasteiger partial charge in [-0.15, -0.1) is 11.3 Å². The second-order valence-electron chi connectivity index (χ2n) is 7.36. The molecule has 0 spiro atoms. The first kappa shape index (κ1) is 19.8. The van der Waals surface area contributed by atoms with E-state index in [0.717, 1.165) is 41.0 Å². The van der Waals surface area contributed by atoms with E-state index in [1.165, 1.54) is 22.1 Å². The van der Waals surface area contributed by atoms with Crippen LogP contribution in [0.2, 0.25) is 0 Å². The van der Waals surface area contributed by atoms with Gasteiger partial charge in [0.05, 0.1) is 4.88 Å². The maximum absolute atomic E-state index is 12.9. The average Bonchev–Trinajstić information content (AvgIpc) is 3.00. The minimum Gasteiger partial charge on any atom is -0.335 e. The van der Waals surface area contributed by atoms with Crippen molar-refractivity contribution in [1.82, 2.24) is 13.5 Å². The summed E-state index contributed by atoms with van der Waals surface area (Å²) < 4.78 is 29.0. The van der Waals surface area contributed by atoms with Gasteiger partial charge in [0.25, 0.3) is 16.1 Å². The Hall–Kier alpha value is -0.960. The van der Waals surface area contributed by atoms with Gasteiger partial charge in [0, 0.05) is 44.1 Å². The fourth-order valence-electron chi connectivity index (χ4n) is 3.77. The molecule has 2 aliphatic rings. The molecule has 1 aromatic rings. The first-order valence-electron chi connectivity index (χ1n) is 9.40. The van der Waals surface area contributed by atoms with Crippen molar-refractivity contribution in [3.05, 3.63) is 21.4 Å². The third-order valence-electron chi connectivity index (χ3n) is 5.68. The van der Waals surface area contributed by atoms with Gasteiger partial charge in [-0.25, -0.2) is 0 Å². The summed E-state index contributed by atoms with van der Waals surface area (Å²) in [6, 6.07) is 2.05. The number of hydrogen-bond donors (Lipinski definition) is 0. The quantitative estimate of drug-likeness (QED) is 0.782. The molecule has 0 N–H and O–H groups in total. The van der Waals surface area contributed by atoms with E-state index < -0.39 is 10.2 Å². The van der Waals surface area contributed by atoms with Crippen molar-refractivity contribution >= 4 is 27.5 Å². The number of amides is 1. The number of piperazine rings is 1. The largest absolute Gasteiger partial charge is 0.335 e. The molecule has 0 unspecified atom stereocenters. The Bertz CT molecular complexity index is 726. The van der Waals surface area contributed by atoms with Crippen LogP contribution in [0.5, 0.6) is 0 Å². The molecule has 0 atom stereocenters. The third-order valence-corrected chi connectivity index (χ3v) is 8.87. The predicted octanol–water partition coefficient (Wildman–Crippen LogP) is 2.63. The summed E-state index contributed by atoms with van der Waals surface area (Å²) in [5.41, 5.74) is 1.13. The van der Waals surface area contributed by atoms with Crippen LogP contribution >= 0.6 is 11.3 Å². The molecule has 1 aliphatic carbocycles. The Balaban J connectivity index is 1.61. The van der Waals surface area contributed by atoms with E-state index in [1.54, 1.807) is 16.3 Å². The van der Waals surface area contributed by atoms with Crippen LogP contribution in [0.3, 0.4) is 0 Å². The highest BCUT2D eigenvalue weighted by Crippen LogP contribution is 2.26. The van der Waals surface area contributed by atoms with Gasteiger partial charge in [0.15, 0.2) is 0 Å². The molecule has 6 nitrogen and oxygen atoms in total.